The molecular weight excluding hydrogens is 260 g/mol. The van der Waals surface area contributed by atoms with E-state index in [9.17, 15) is 10.1 Å². The second-order valence-electron chi connectivity index (χ2n) is 4.09. The minimum absolute atomic E-state index is 0.0789. The number of nitrogens with zero attached hydrogens (tertiary/aromatic N) is 3. The van der Waals surface area contributed by atoms with Crippen LogP contribution in [0.2, 0.25) is 0 Å². The maximum Gasteiger partial charge on any atom is 0.349 e. The highest BCUT2D eigenvalue weighted by Gasteiger charge is 2.19. The van der Waals surface area contributed by atoms with Crippen LogP contribution in [-0.4, -0.2) is 21.4 Å². The largest absolute Gasteiger partial charge is 0.434 e. The van der Waals surface area contributed by atoms with Crippen LogP contribution in [0.5, 0.6) is 11.6 Å². The quantitative estimate of drug-likeness (QED) is 0.666. The summed E-state index contributed by atoms with van der Waals surface area (Å²) < 4.78 is 5.48. The lowest BCUT2D eigenvalue weighted by Gasteiger charge is -2.07. The van der Waals surface area contributed by atoms with Gasteiger partial charge in [0.15, 0.2) is 0 Å². The standard InChI is InChI=1S/C13H14N4O3/c1-3-14-13-15-8-11(17(18)19)12(16-13)20-10-6-4-9(2)5-7-10/h4-8H,3H2,1-2H3,(H,14,15,16). The van der Waals surface area contributed by atoms with Gasteiger partial charge in [-0.05, 0) is 26.0 Å². The molecule has 0 fully saturated rings. The third kappa shape index (κ3) is 3.19. The van der Waals surface area contributed by atoms with Gasteiger partial charge in [-0.25, -0.2) is 4.98 Å². The highest BCUT2D eigenvalue weighted by Crippen LogP contribution is 2.29. The van der Waals surface area contributed by atoms with Crippen molar-refractivity contribution in [1.29, 1.82) is 0 Å². The average molecular weight is 274 g/mol. The molecule has 0 aliphatic heterocycles. The first-order valence-corrected chi connectivity index (χ1v) is 6.10. The Kier molecular flexibility index (Phi) is 4.09. The second-order valence-corrected chi connectivity index (χ2v) is 4.09. The van der Waals surface area contributed by atoms with Gasteiger partial charge in [0, 0.05) is 6.54 Å². The Morgan fingerprint density at radius 3 is 2.65 bits per heavy atom. The monoisotopic (exact) mass is 274 g/mol. The van der Waals surface area contributed by atoms with E-state index >= 15 is 0 Å². The van der Waals surface area contributed by atoms with Crippen molar-refractivity contribution in [2.45, 2.75) is 13.8 Å². The van der Waals surface area contributed by atoms with Gasteiger partial charge in [0.25, 0.3) is 0 Å². The molecule has 0 bridgehead atoms. The molecular formula is C13H14N4O3. The summed E-state index contributed by atoms with van der Waals surface area (Å²) in [6.45, 7) is 4.44. The van der Waals surface area contributed by atoms with Crippen LogP contribution in [0.15, 0.2) is 30.5 Å². The summed E-state index contributed by atoms with van der Waals surface area (Å²) in [6, 6.07) is 7.17. The number of anilines is 1. The van der Waals surface area contributed by atoms with Gasteiger partial charge in [-0.1, -0.05) is 17.7 Å². The highest BCUT2D eigenvalue weighted by molar-refractivity contribution is 5.45. The van der Waals surface area contributed by atoms with Crippen molar-refractivity contribution >= 4 is 11.6 Å². The van der Waals surface area contributed by atoms with E-state index in [1.54, 1.807) is 12.1 Å². The van der Waals surface area contributed by atoms with Gasteiger partial charge in [0.2, 0.25) is 5.95 Å². The fourth-order valence-corrected chi connectivity index (χ4v) is 1.52. The average Bonchev–Trinajstić information content (AvgIpc) is 2.42. The molecule has 1 aromatic carbocycles. The summed E-state index contributed by atoms with van der Waals surface area (Å²) >= 11 is 0. The Hall–Kier alpha value is -2.70. The number of benzene rings is 1. The Balaban J connectivity index is 2.34. The van der Waals surface area contributed by atoms with Crippen LogP contribution < -0.4 is 10.1 Å². The van der Waals surface area contributed by atoms with Gasteiger partial charge < -0.3 is 10.1 Å². The molecule has 0 atom stereocenters. The molecule has 0 unspecified atom stereocenters. The molecule has 7 heteroatoms. The minimum Gasteiger partial charge on any atom is -0.434 e. The SMILES string of the molecule is CCNc1ncc([N+](=O)[O-])c(Oc2ccc(C)cc2)n1. The molecule has 0 saturated carbocycles. The summed E-state index contributed by atoms with van der Waals surface area (Å²) in [5, 5.41) is 13.8. The van der Waals surface area contributed by atoms with Gasteiger partial charge >= 0.3 is 11.6 Å². The zero-order chi connectivity index (χ0) is 14.5. The normalized spacial score (nSPS) is 10.1. The molecule has 104 valence electrons. The summed E-state index contributed by atoms with van der Waals surface area (Å²) in [5.41, 5.74) is 0.801. The van der Waals surface area contributed by atoms with E-state index < -0.39 is 4.92 Å². The zero-order valence-corrected chi connectivity index (χ0v) is 11.2. The van der Waals surface area contributed by atoms with Crippen molar-refractivity contribution in [1.82, 2.24) is 9.97 Å². The molecule has 0 amide bonds. The maximum atomic E-state index is 11.0. The summed E-state index contributed by atoms with van der Waals surface area (Å²) in [6.07, 6.45) is 1.13. The molecule has 0 saturated heterocycles. The van der Waals surface area contributed by atoms with Crippen LogP contribution >= 0.6 is 0 Å². The van der Waals surface area contributed by atoms with E-state index in [-0.39, 0.29) is 11.6 Å². The second kappa shape index (κ2) is 5.96. The number of aromatic nitrogens is 2. The Morgan fingerprint density at radius 2 is 2.05 bits per heavy atom. The van der Waals surface area contributed by atoms with Crippen molar-refractivity contribution in [3.63, 3.8) is 0 Å². The molecule has 1 heterocycles. The maximum absolute atomic E-state index is 11.0. The van der Waals surface area contributed by atoms with Crippen LogP contribution in [0, 0.1) is 17.0 Å². The van der Waals surface area contributed by atoms with Crippen molar-refractivity contribution < 1.29 is 9.66 Å². The highest BCUT2D eigenvalue weighted by atomic mass is 16.6. The first-order chi connectivity index (χ1) is 9.60. The number of rotatable bonds is 5. The number of ether oxygens (including phenoxy) is 1. The minimum atomic E-state index is -0.570. The van der Waals surface area contributed by atoms with Gasteiger partial charge in [-0.15, -0.1) is 0 Å². The predicted molar refractivity (Wildman–Crippen MR) is 74.1 cm³/mol. The Morgan fingerprint density at radius 1 is 1.35 bits per heavy atom. The Bertz CT molecular complexity index is 614. The van der Waals surface area contributed by atoms with Crippen LogP contribution in [-0.2, 0) is 0 Å². The van der Waals surface area contributed by atoms with E-state index in [1.807, 2.05) is 26.0 Å². The van der Waals surface area contributed by atoms with Crippen molar-refractivity contribution in [3.8, 4) is 11.6 Å². The third-order valence-corrected chi connectivity index (χ3v) is 2.50. The van der Waals surface area contributed by atoms with Crippen LogP contribution in [0.4, 0.5) is 11.6 Å². The molecule has 1 aromatic heterocycles. The van der Waals surface area contributed by atoms with E-state index in [1.165, 1.54) is 0 Å². The molecule has 1 N–H and O–H groups in total. The van der Waals surface area contributed by atoms with Crippen molar-refractivity contribution in [2.75, 3.05) is 11.9 Å². The summed E-state index contributed by atoms with van der Waals surface area (Å²) in [7, 11) is 0. The summed E-state index contributed by atoms with van der Waals surface area (Å²) in [5.74, 6) is 0.699. The van der Waals surface area contributed by atoms with Crippen LogP contribution in [0.1, 0.15) is 12.5 Å². The lowest BCUT2D eigenvalue weighted by Crippen LogP contribution is -2.05. The number of nitro groups is 1. The fraction of sp³-hybridized carbons (Fsp3) is 0.231. The molecule has 0 spiro atoms. The first kappa shape index (κ1) is 13.7. The first-order valence-electron chi connectivity index (χ1n) is 6.10. The molecule has 0 aliphatic carbocycles. The number of aryl methyl sites for hydroxylation is 1. The van der Waals surface area contributed by atoms with Gasteiger partial charge in [-0.2, -0.15) is 4.98 Å². The number of hydrogen-bond acceptors (Lipinski definition) is 6. The van der Waals surface area contributed by atoms with E-state index in [0.717, 1.165) is 11.8 Å². The van der Waals surface area contributed by atoms with E-state index in [0.29, 0.717) is 18.2 Å². The lowest BCUT2D eigenvalue weighted by molar-refractivity contribution is -0.386. The molecule has 7 nitrogen and oxygen atoms in total. The van der Waals surface area contributed by atoms with Gasteiger partial charge in [-0.3, -0.25) is 10.1 Å². The van der Waals surface area contributed by atoms with E-state index in [2.05, 4.69) is 15.3 Å². The van der Waals surface area contributed by atoms with Gasteiger partial charge in [0.05, 0.1) is 4.92 Å². The summed E-state index contributed by atoms with van der Waals surface area (Å²) in [4.78, 5) is 18.3. The van der Waals surface area contributed by atoms with Crippen molar-refractivity contribution in [2.24, 2.45) is 0 Å². The Labute approximate surface area is 115 Å². The van der Waals surface area contributed by atoms with Crippen LogP contribution in [0.3, 0.4) is 0 Å². The van der Waals surface area contributed by atoms with Crippen molar-refractivity contribution in [3.05, 3.63) is 46.1 Å². The lowest BCUT2D eigenvalue weighted by atomic mass is 10.2. The number of nitrogens with one attached hydrogen (secondary N) is 1. The molecule has 0 aliphatic rings. The molecule has 20 heavy (non-hydrogen) atoms. The van der Waals surface area contributed by atoms with E-state index in [4.69, 9.17) is 4.74 Å². The van der Waals surface area contributed by atoms with Gasteiger partial charge in [0.1, 0.15) is 11.9 Å². The zero-order valence-electron chi connectivity index (χ0n) is 11.2. The number of hydrogen-bond donors (Lipinski definition) is 1. The fourth-order valence-electron chi connectivity index (χ4n) is 1.52. The topological polar surface area (TPSA) is 90.2 Å². The molecule has 0 radical (unpaired) electrons. The molecule has 2 aromatic rings. The third-order valence-electron chi connectivity index (χ3n) is 2.50. The predicted octanol–water partition coefficient (Wildman–Crippen LogP) is 2.92. The molecule has 2 rings (SSSR count). The smallest absolute Gasteiger partial charge is 0.349 e. The van der Waals surface area contributed by atoms with Crippen LogP contribution in [0.25, 0.3) is 0 Å².